The van der Waals surface area contributed by atoms with Gasteiger partial charge in [0.05, 0.1) is 12.2 Å². The van der Waals surface area contributed by atoms with Gasteiger partial charge in [0.15, 0.2) is 0 Å². The van der Waals surface area contributed by atoms with Crippen LogP contribution in [0.25, 0.3) is 0 Å². The van der Waals surface area contributed by atoms with Crippen molar-refractivity contribution in [2.75, 3.05) is 26.7 Å². The Morgan fingerprint density at radius 2 is 2.13 bits per heavy atom. The second-order valence-corrected chi connectivity index (χ2v) is 4.05. The maximum Gasteiger partial charge on any atom is 0.0964 e. The average molecular weight is 209 g/mol. The molecule has 5 nitrogen and oxygen atoms in total. The molecule has 1 saturated heterocycles. The molecule has 0 amide bonds. The first-order valence-corrected chi connectivity index (χ1v) is 5.64. The van der Waals surface area contributed by atoms with Gasteiger partial charge < -0.3 is 10.2 Å². The highest BCUT2D eigenvalue weighted by molar-refractivity contribution is 4.91. The highest BCUT2D eigenvalue weighted by Crippen LogP contribution is 2.06. The first-order chi connectivity index (χ1) is 7.38. The first kappa shape index (κ1) is 10.6. The molecule has 2 rings (SSSR count). The van der Waals surface area contributed by atoms with Crippen LogP contribution in [0.4, 0.5) is 0 Å². The molecule has 15 heavy (non-hydrogen) atoms. The van der Waals surface area contributed by atoms with Gasteiger partial charge in [-0.3, -0.25) is 4.68 Å². The Labute approximate surface area is 90.5 Å². The second-order valence-electron chi connectivity index (χ2n) is 4.05. The maximum absolute atomic E-state index is 4.10. The van der Waals surface area contributed by atoms with Crippen LogP contribution in [0.1, 0.15) is 18.5 Å². The van der Waals surface area contributed by atoms with Crippen LogP contribution in [0.15, 0.2) is 6.20 Å². The molecule has 1 fully saturated rings. The summed E-state index contributed by atoms with van der Waals surface area (Å²) in [6.07, 6.45) is 4.72. The normalized spacial score (nSPS) is 17.4. The van der Waals surface area contributed by atoms with Crippen LogP contribution in [0, 0.1) is 0 Å². The van der Waals surface area contributed by atoms with Crippen LogP contribution in [0.3, 0.4) is 0 Å². The van der Waals surface area contributed by atoms with E-state index in [0.717, 1.165) is 25.3 Å². The third-order valence-electron chi connectivity index (χ3n) is 2.79. The van der Waals surface area contributed by atoms with E-state index in [-0.39, 0.29) is 0 Å². The summed E-state index contributed by atoms with van der Waals surface area (Å²) in [5.74, 6) is 0. The molecule has 1 N–H and O–H groups in total. The molecule has 0 unspecified atom stereocenters. The zero-order valence-electron chi connectivity index (χ0n) is 9.32. The number of nitrogens with zero attached hydrogens (tertiary/aromatic N) is 4. The number of rotatable bonds is 5. The fourth-order valence-electron chi connectivity index (χ4n) is 1.96. The van der Waals surface area contributed by atoms with E-state index in [4.69, 9.17) is 0 Å². The largest absolute Gasteiger partial charge is 0.314 e. The topological polar surface area (TPSA) is 46.0 Å². The molecule has 5 heteroatoms. The predicted octanol–water partition coefficient (Wildman–Crippen LogP) is 0.0933. The van der Waals surface area contributed by atoms with E-state index in [0.29, 0.717) is 0 Å². The minimum Gasteiger partial charge on any atom is -0.314 e. The molecule has 0 bridgehead atoms. The van der Waals surface area contributed by atoms with Gasteiger partial charge in [-0.1, -0.05) is 5.21 Å². The summed E-state index contributed by atoms with van der Waals surface area (Å²) in [5.41, 5.74) is 1.01. The number of aromatic nitrogens is 3. The van der Waals surface area contributed by atoms with E-state index >= 15 is 0 Å². The summed E-state index contributed by atoms with van der Waals surface area (Å²) in [5, 5.41) is 11.2. The lowest BCUT2D eigenvalue weighted by atomic mass is 10.4. The zero-order valence-corrected chi connectivity index (χ0v) is 9.32. The third kappa shape index (κ3) is 3.00. The van der Waals surface area contributed by atoms with Gasteiger partial charge in [-0.25, -0.2) is 0 Å². The Kier molecular flexibility index (Phi) is 3.69. The van der Waals surface area contributed by atoms with Crippen LogP contribution in [0.2, 0.25) is 0 Å². The second kappa shape index (κ2) is 5.23. The molecule has 0 atom stereocenters. The summed E-state index contributed by atoms with van der Waals surface area (Å²) in [6.45, 7) is 5.35. The molecule has 0 radical (unpaired) electrons. The van der Waals surface area contributed by atoms with E-state index in [1.807, 2.05) is 17.9 Å². The van der Waals surface area contributed by atoms with Crippen molar-refractivity contribution in [2.24, 2.45) is 0 Å². The first-order valence-electron chi connectivity index (χ1n) is 5.64. The van der Waals surface area contributed by atoms with Crippen molar-refractivity contribution in [3.05, 3.63) is 11.9 Å². The summed E-state index contributed by atoms with van der Waals surface area (Å²) in [7, 11) is 1.92. The fourth-order valence-corrected chi connectivity index (χ4v) is 1.96. The Bertz CT molecular complexity index is 290. The predicted molar refractivity (Wildman–Crippen MR) is 58.5 cm³/mol. The number of hydrogen-bond donors (Lipinski definition) is 1. The molecule has 2 heterocycles. The highest BCUT2D eigenvalue weighted by atomic mass is 15.4. The molecule has 1 aromatic heterocycles. The third-order valence-corrected chi connectivity index (χ3v) is 2.79. The van der Waals surface area contributed by atoms with Gasteiger partial charge in [0, 0.05) is 19.3 Å². The van der Waals surface area contributed by atoms with Gasteiger partial charge in [0.1, 0.15) is 0 Å². The summed E-state index contributed by atoms with van der Waals surface area (Å²) in [4.78, 5) is 2.49. The lowest BCUT2D eigenvalue weighted by Gasteiger charge is -2.13. The Balaban J connectivity index is 1.77. The number of nitrogens with one attached hydrogen (secondary N) is 1. The van der Waals surface area contributed by atoms with Gasteiger partial charge in [-0.15, -0.1) is 5.10 Å². The minimum atomic E-state index is 0.795. The maximum atomic E-state index is 4.10. The van der Waals surface area contributed by atoms with Crippen LogP contribution in [0.5, 0.6) is 0 Å². The van der Waals surface area contributed by atoms with Crippen LogP contribution < -0.4 is 5.32 Å². The molecular formula is C10H19N5. The van der Waals surface area contributed by atoms with E-state index in [2.05, 4.69) is 20.5 Å². The van der Waals surface area contributed by atoms with E-state index < -0.39 is 0 Å². The lowest BCUT2D eigenvalue weighted by molar-refractivity contribution is 0.314. The van der Waals surface area contributed by atoms with Crippen molar-refractivity contribution in [1.29, 1.82) is 0 Å². The van der Waals surface area contributed by atoms with Crippen LogP contribution >= 0.6 is 0 Å². The average Bonchev–Trinajstić information content (AvgIpc) is 2.85. The van der Waals surface area contributed by atoms with Gasteiger partial charge in [-0.05, 0) is 33.0 Å². The van der Waals surface area contributed by atoms with Crippen molar-refractivity contribution in [3.63, 3.8) is 0 Å². The van der Waals surface area contributed by atoms with Crippen molar-refractivity contribution in [1.82, 2.24) is 25.2 Å². The molecule has 0 saturated carbocycles. The van der Waals surface area contributed by atoms with Gasteiger partial charge in [0.25, 0.3) is 0 Å². The van der Waals surface area contributed by atoms with Crippen LogP contribution in [-0.2, 0) is 13.1 Å². The Morgan fingerprint density at radius 3 is 2.87 bits per heavy atom. The fraction of sp³-hybridized carbons (Fsp3) is 0.800. The van der Waals surface area contributed by atoms with E-state index in [1.54, 1.807) is 0 Å². The molecule has 1 aromatic rings. The van der Waals surface area contributed by atoms with Gasteiger partial charge in [0.2, 0.25) is 0 Å². The Hall–Kier alpha value is -0.940. The molecule has 0 spiro atoms. The quantitative estimate of drug-likeness (QED) is 0.747. The van der Waals surface area contributed by atoms with E-state index in [1.165, 1.54) is 25.9 Å². The van der Waals surface area contributed by atoms with Crippen molar-refractivity contribution in [2.45, 2.75) is 25.9 Å². The van der Waals surface area contributed by atoms with Crippen molar-refractivity contribution in [3.8, 4) is 0 Å². The Morgan fingerprint density at radius 1 is 1.33 bits per heavy atom. The summed E-state index contributed by atoms with van der Waals surface area (Å²) >= 11 is 0. The van der Waals surface area contributed by atoms with Crippen molar-refractivity contribution >= 4 is 0 Å². The molecule has 1 aliphatic heterocycles. The molecular weight excluding hydrogens is 190 g/mol. The molecule has 0 aliphatic carbocycles. The number of likely N-dealkylation sites (tertiary alicyclic amines) is 1. The molecule has 84 valence electrons. The SMILES string of the molecule is CNCc1cn(CCN2CCCC2)nn1. The highest BCUT2D eigenvalue weighted by Gasteiger charge is 2.11. The summed E-state index contributed by atoms with van der Waals surface area (Å²) in [6, 6.07) is 0. The van der Waals surface area contributed by atoms with E-state index in [9.17, 15) is 0 Å². The molecule has 0 aromatic carbocycles. The summed E-state index contributed by atoms with van der Waals surface area (Å²) < 4.78 is 1.94. The lowest BCUT2D eigenvalue weighted by Crippen LogP contribution is -2.24. The molecule has 1 aliphatic rings. The number of hydrogen-bond acceptors (Lipinski definition) is 4. The minimum absolute atomic E-state index is 0.795. The van der Waals surface area contributed by atoms with Crippen molar-refractivity contribution < 1.29 is 0 Å². The monoisotopic (exact) mass is 209 g/mol. The van der Waals surface area contributed by atoms with Gasteiger partial charge >= 0.3 is 0 Å². The zero-order chi connectivity index (χ0) is 10.5. The smallest absolute Gasteiger partial charge is 0.0964 e. The van der Waals surface area contributed by atoms with Crippen LogP contribution in [-0.4, -0.2) is 46.6 Å². The van der Waals surface area contributed by atoms with Gasteiger partial charge in [-0.2, -0.15) is 0 Å². The standard InChI is InChI=1S/C10H19N5/c1-11-8-10-9-15(13-12-10)7-6-14-4-2-3-5-14/h9,11H,2-8H2,1H3.